The van der Waals surface area contributed by atoms with E-state index < -0.39 is 0 Å². The van der Waals surface area contributed by atoms with Crippen molar-refractivity contribution < 1.29 is 4.79 Å². The van der Waals surface area contributed by atoms with E-state index in [2.05, 4.69) is 44.2 Å². The number of nitrogens with one attached hydrogen (secondary N) is 1. The average Bonchev–Trinajstić information content (AvgIpc) is 3.18. The first-order valence-electron chi connectivity index (χ1n) is 11.3. The number of aromatic amines is 1. The maximum Gasteiger partial charge on any atom is 0.179 e. The molecule has 1 aromatic heterocycles. The van der Waals surface area contributed by atoms with Crippen LogP contribution in [0.25, 0.3) is 21.3 Å². The summed E-state index contributed by atoms with van der Waals surface area (Å²) in [5.74, 6) is 0.142. The third-order valence-electron chi connectivity index (χ3n) is 6.21. The highest BCUT2D eigenvalue weighted by Gasteiger charge is 2.17. The number of nitrogens with zero attached hydrogens (tertiary/aromatic N) is 4. The number of fused-ring (bicyclic) bond motifs is 1. The monoisotopic (exact) mass is 415 g/mol. The zero-order valence-corrected chi connectivity index (χ0v) is 18.1. The highest BCUT2D eigenvalue weighted by molar-refractivity contribution is 6.02. The Balaban J connectivity index is 1.39. The molecule has 1 aliphatic rings. The molecule has 6 heteroatoms. The van der Waals surface area contributed by atoms with Crippen LogP contribution >= 0.6 is 0 Å². The quantitative estimate of drug-likeness (QED) is 0.188. The number of carbonyl (C=O) groups is 1. The number of azide groups is 1. The molecule has 160 valence electrons. The maximum absolute atomic E-state index is 12.9. The van der Waals surface area contributed by atoms with E-state index in [1.54, 1.807) is 6.07 Å². The van der Waals surface area contributed by atoms with Crippen LogP contribution in [-0.4, -0.2) is 23.9 Å². The van der Waals surface area contributed by atoms with Gasteiger partial charge in [-0.25, -0.2) is 0 Å². The lowest BCUT2D eigenvalue weighted by Crippen LogP contribution is -2.29. The number of aromatic nitrogens is 1. The molecule has 0 saturated carbocycles. The van der Waals surface area contributed by atoms with E-state index in [9.17, 15) is 4.79 Å². The van der Waals surface area contributed by atoms with Gasteiger partial charge in [0, 0.05) is 46.7 Å². The van der Waals surface area contributed by atoms with Crippen molar-refractivity contribution >= 4 is 28.1 Å². The van der Waals surface area contributed by atoms with Crippen molar-refractivity contribution in [2.45, 2.75) is 51.9 Å². The summed E-state index contributed by atoms with van der Waals surface area (Å²) in [5, 5.41) is 4.65. The third-order valence-corrected chi connectivity index (χ3v) is 6.21. The molecule has 0 bridgehead atoms. The fourth-order valence-corrected chi connectivity index (χ4v) is 4.56. The minimum Gasteiger partial charge on any atom is -0.372 e. The van der Waals surface area contributed by atoms with Gasteiger partial charge < -0.3 is 9.88 Å². The topological polar surface area (TPSA) is 84.9 Å². The second kappa shape index (κ2) is 9.71. The Morgan fingerprint density at radius 2 is 1.90 bits per heavy atom. The zero-order chi connectivity index (χ0) is 21.6. The van der Waals surface area contributed by atoms with Crippen LogP contribution in [0.2, 0.25) is 0 Å². The van der Waals surface area contributed by atoms with E-state index in [0.717, 1.165) is 48.8 Å². The van der Waals surface area contributed by atoms with Gasteiger partial charge in [-0.2, -0.15) is 0 Å². The Labute approximate surface area is 182 Å². The molecule has 0 unspecified atom stereocenters. The number of hydrogen-bond donors (Lipinski definition) is 1. The third kappa shape index (κ3) is 4.75. The summed E-state index contributed by atoms with van der Waals surface area (Å²) < 4.78 is 0. The predicted octanol–water partition coefficient (Wildman–Crippen LogP) is 6.87. The highest BCUT2D eigenvalue weighted by Crippen LogP contribution is 2.28. The molecule has 0 radical (unpaired) electrons. The molecule has 6 nitrogen and oxygen atoms in total. The molecule has 31 heavy (non-hydrogen) atoms. The fraction of sp³-hybridized carbons (Fsp3) is 0.400. The predicted molar refractivity (Wildman–Crippen MR) is 126 cm³/mol. The number of piperidine rings is 1. The van der Waals surface area contributed by atoms with Gasteiger partial charge in [-0.3, -0.25) is 4.79 Å². The molecule has 0 aliphatic carbocycles. The van der Waals surface area contributed by atoms with Gasteiger partial charge in [0.1, 0.15) is 0 Å². The second-order valence-electron chi connectivity index (χ2n) is 8.24. The average molecular weight is 416 g/mol. The zero-order valence-electron chi connectivity index (χ0n) is 18.1. The number of H-pyrrole nitrogens is 1. The number of hydrogen-bond acceptors (Lipinski definition) is 3. The first-order valence-corrected chi connectivity index (χ1v) is 11.3. The molecule has 0 amide bonds. The molecular formula is C25H29N5O. The molecule has 1 saturated heterocycles. The van der Waals surface area contributed by atoms with Gasteiger partial charge in [-0.1, -0.05) is 30.2 Å². The molecule has 1 fully saturated rings. The van der Waals surface area contributed by atoms with Crippen LogP contribution in [0.4, 0.5) is 11.4 Å². The van der Waals surface area contributed by atoms with Gasteiger partial charge >= 0.3 is 0 Å². The summed E-state index contributed by atoms with van der Waals surface area (Å²) in [4.78, 5) is 21.5. The van der Waals surface area contributed by atoms with Crippen molar-refractivity contribution in [1.82, 2.24) is 4.98 Å². The van der Waals surface area contributed by atoms with Crippen LogP contribution in [0.1, 0.15) is 60.6 Å². The standard InChI is InChI=1S/C25H29N5O/c1-2-21-22-17-19(28-29-26)11-14-23(22)27-25(21)24(31)8-6-7-18-9-12-20(13-10-18)30-15-4-3-5-16-30/h9-14,17,27H,2-8,15-16H2,1H3. The summed E-state index contributed by atoms with van der Waals surface area (Å²) >= 11 is 0. The number of aryl methyl sites for hydroxylation is 2. The van der Waals surface area contributed by atoms with Crippen molar-refractivity contribution in [3.05, 3.63) is 69.7 Å². The second-order valence-corrected chi connectivity index (χ2v) is 8.24. The molecule has 3 aromatic rings. The van der Waals surface area contributed by atoms with E-state index in [-0.39, 0.29) is 5.78 Å². The number of rotatable bonds is 8. The summed E-state index contributed by atoms with van der Waals surface area (Å²) in [5.41, 5.74) is 14.4. The first kappa shape index (κ1) is 21.0. The van der Waals surface area contributed by atoms with E-state index in [1.165, 1.54) is 30.5 Å². The van der Waals surface area contributed by atoms with Gasteiger partial charge in [0.15, 0.2) is 5.78 Å². The number of benzene rings is 2. The number of Topliss-reactive ketones (excluding diaryl/α,β-unsaturated/α-hetero) is 1. The Bertz CT molecular complexity index is 1100. The molecule has 4 rings (SSSR count). The van der Waals surface area contributed by atoms with E-state index in [4.69, 9.17) is 5.53 Å². The van der Waals surface area contributed by atoms with Crippen molar-refractivity contribution in [3.8, 4) is 0 Å². The minimum atomic E-state index is 0.142. The summed E-state index contributed by atoms with van der Waals surface area (Å²) in [6, 6.07) is 14.3. The summed E-state index contributed by atoms with van der Waals surface area (Å²) in [6.07, 6.45) is 6.89. The highest BCUT2D eigenvalue weighted by atomic mass is 16.1. The Kier molecular flexibility index (Phi) is 6.58. The molecule has 2 aromatic carbocycles. The molecule has 1 N–H and O–H groups in total. The lowest BCUT2D eigenvalue weighted by atomic mass is 10.0. The van der Waals surface area contributed by atoms with Crippen LogP contribution in [0, 0.1) is 0 Å². The van der Waals surface area contributed by atoms with Crippen LogP contribution in [0.3, 0.4) is 0 Å². The number of ketones is 1. The van der Waals surface area contributed by atoms with Gasteiger partial charge in [-0.05, 0) is 79.4 Å². The van der Waals surface area contributed by atoms with Gasteiger partial charge in [-0.15, -0.1) is 0 Å². The molecule has 0 atom stereocenters. The molecular weight excluding hydrogens is 386 g/mol. The fourth-order valence-electron chi connectivity index (χ4n) is 4.56. The van der Waals surface area contributed by atoms with Gasteiger partial charge in [0.25, 0.3) is 0 Å². The van der Waals surface area contributed by atoms with Crippen LogP contribution in [0.5, 0.6) is 0 Å². The van der Waals surface area contributed by atoms with Gasteiger partial charge in [0.05, 0.1) is 5.69 Å². The summed E-state index contributed by atoms with van der Waals surface area (Å²) in [7, 11) is 0. The SMILES string of the molecule is CCc1c(C(=O)CCCc2ccc(N3CCCCC3)cc2)[nH]c2ccc(N=[N+]=[N-])cc12. The lowest BCUT2D eigenvalue weighted by Gasteiger charge is -2.28. The minimum absolute atomic E-state index is 0.142. The normalized spacial score (nSPS) is 13.9. The van der Waals surface area contributed by atoms with Crippen LogP contribution < -0.4 is 4.90 Å². The Hall–Kier alpha value is -3.24. The molecule has 1 aliphatic heterocycles. The van der Waals surface area contributed by atoms with Crippen molar-refractivity contribution in [3.63, 3.8) is 0 Å². The van der Waals surface area contributed by atoms with Crippen molar-refractivity contribution in [2.75, 3.05) is 18.0 Å². The van der Waals surface area contributed by atoms with Crippen molar-refractivity contribution in [2.24, 2.45) is 5.11 Å². The van der Waals surface area contributed by atoms with Crippen LogP contribution in [0.15, 0.2) is 47.6 Å². The van der Waals surface area contributed by atoms with E-state index >= 15 is 0 Å². The smallest absolute Gasteiger partial charge is 0.179 e. The van der Waals surface area contributed by atoms with Gasteiger partial charge in [0.2, 0.25) is 0 Å². The first-order chi connectivity index (χ1) is 15.2. The lowest BCUT2D eigenvalue weighted by molar-refractivity contribution is 0.0975. The Morgan fingerprint density at radius 1 is 1.13 bits per heavy atom. The summed E-state index contributed by atoms with van der Waals surface area (Å²) in [6.45, 7) is 4.36. The molecule has 2 heterocycles. The van der Waals surface area contributed by atoms with Crippen LogP contribution in [-0.2, 0) is 12.8 Å². The molecule has 0 spiro atoms. The Morgan fingerprint density at radius 3 is 2.61 bits per heavy atom. The number of anilines is 1. The maximum atomic E-state index is 12.9. The van der Waals surface area contributed by atoms with Crippen molar-refractivity contribution in [1.29, 1.82) is 0 Å². The largest absolute Gasteiger partial charge is 0.372 e. The van der Waals surface area contributed by atoms with E-state index in [1.807, 2.05) is 19.1 Å². The number of carbonyl (C=O) groups excluding carboxylic acids is 1. The van der Waals surface area contributed by atoms with E-state index in [0.29, 0.717) is 17.8 Å².